The first kappa shape index (κ1) is 31.8. The Morgan fingerprint density at radius 3 is 2.38 bits per heavy atom. The average Bonchev–Trinajstić information content (AvgIpc) is 2.88. The molecule has 39 heavy (non-hydrogen) atoms. The van der Waals surface area contributed by atoms with Crippen molar-refractivity contribution in [1.82, 2.24) is 5.06 Å². The van der Waals surface area contributed by atoms with Crippen molar-refractivity contribution in [2.75, 3.05) is 33.5 Å². The van der Waals surface area contributed by atoms with Crippen LogP contribution in [0, 0.1) is 25.2 Å². The van der Waals surface area contributed by atoms with Crippen molar-refractivity contribution in [2.24, 2.45) is 16.4 Å². The van der Waals surface area contributed by atoms with E-state index in [1.165, 1.54) is 18.2 Å². The van der Waals surface area contributed by atoms with E-state index in [1.807, 2.05) is 6.07 Å². The Morgan fingerprint density at radius 1 is 1.05 bits per heavy atom. The molecule has 2 rings (SSSR count). The SMILES string of the molecule is COc1cc(CN(OCC(COC(=O)C(C)(C)C)Cc2ccc(C)c(C)c2)C(=O)S)ccc1OCCN=[N+]=[N-]. The van der Waals surface area contributed by atoms with Gasteiger partial charge in [0.15, 0.2) is 11.5 Å². The Kier molecular flexibility index (Phi) is 12.4. The van der Waals surface area contributed by atoms with Gasteiger partial charge in [0.25, 0.3) is 0 Å². The second kappa shape index (κ2) is 15.3. The lowest BCUT2D eigenvalue weighted by Gasteiger charge is -2.25. The number of hydroxylamine groups is 2. The summed E-state index contributed by atoms with van der Waals surface area (Å²) in [6.45, 7) is 10.3. The number of rotatable bonds is 14. The monoisotopic (exact) mass is 558 g/mol. The van der Waals surface area contributed by atoms with Crippen LogP contribution in [0.3, 0.4) is 0 Å². The smallest absolute Gasteiger partial charge is 0.311 e. The van der Waals surface area contributed by atoms with Gasteiger partial charge in [-0.2, -0.15) is 0 Å². The molecule has 0 aromatic heterocycles. The molecule has 2 aromatic carbocycles. The molecule has 1 unspecified atom stereocenters. The summed E-state index contributed by atoms with van der Waals surface area (Å²) in [7, 11) is 1.51. The van der Waals surface area contributed by atoms with Crippen molar-refractivity contribution in [2.45, 2.75) is 47.6 Å². The van der Waals surface area contributed by atoms with E-state index in [2.05, 4.69) is 48.6 Å². The van der Waals surface area contributed by atoms with E-state index in [0.717, 1.165) is 16.2 Å². The fourth-order valence-electron chi connectivity index (χ4n) is 3.54. The zero-order valence-corrected chi connectivity index (χ0v) is 24.4. The van der Waals surface area contributed by atoms with Crippen molar-refractivity contribution in [1.29, 1.82) is 0 Å². The van der Waals surface area contributed by atoms with Gasteiger partial charge in [0, 0.05) is 10.8 Å². The van der Waals surface area contributed by atoms with E-state index in [-0.39, 0.29) is 44.8 Å². The molecular weight excluding hydrogens is 520 g/mol. The predicted molar refractivity (Wildman–Crippen MR) is 152 cm³/mol. The molecule has 0 radical (unpaired) electrons. The zero-order valence-electron chi connectivity index (χ0n) is 23.5. The number of carbonyl (C=O) groups is 2. The van der Waals surface area contributed by atoms with Gasteiger partial charge in [-0.1, -0.05) is 42.0 Å². The molecule has 2 aromatic rings. The molecule has 0 heterocycles. The van der Waals surface area contributed by atoms with E-state index in [9.17, 15) is 9.59 Å². The van der Waals surface area contributed by atoms with Gasteiger partial charge in [-0.25, -0.2) is 5.06 Å². The minimum Gasteiger partial charge on any atom is -0.493 e. The standard InChI is InChI=1S/C28H38N4O6S/c1-19-7-8-21(13-20(19)2)14-23(17-37-26(33)28(3,4)5)18-38-32(27(34)39)16-22-9-10-24(25(15-22)35-6)36-12-11-30-31-29/h7-10,13,15,23H,11-12,14,16-18H2,1-6H3,(H,34,39). The molecule has 0 bridgehead atoms. The van der Waals surface area contributed by atoms with E-state index < -0.39 is 10.7 Å². The van der Waals surface area contributed by atoms with Crippen LogP contribution >= 0.6 is 12.6 Å². The number of aryl methyl sites for hydroxylation is 2. The number of benzene rings is 2. The lowest BCUT2D eigenvalue weighted by Crippen LogP contribution is -2.32. The van der Waals surface area contributed by atoms with Gasteiger partial charge in [-0.15, -0.1) is 0 Å². The summed E-state index contributed by atoms with van der Waals surface area (Å²) in [5, 5.41) is 4.02. The highest BCUT2D eigenvalue weighted by molar-refractivity contribution is 7.96. The van der Waals surface area contributed by atoms with Crippen molar-refractivity contribution in [3.05, 3.63) is 69.1 Å². The highest BCUT2D eigenvalue weighted by Gasteiger charge is 2.25. The van der Waals surface area contributed by atoms with Gasteiger partial charge >= 0.3 is 11.2 Å². The van der Waals surface area contributed by atoms with Crippen LogP contribution in [-0.2, 0) is 27.3 Å². The van der Waals surface area contributed by atoms with Crippen molar-refractivity contribution < 1.29 is 28.6 Å². The number of thiol groups is 1. The topological polar surface area (TPSA) is 123 Å². The quantitative estimate of drug-likeness (QED) is 0.0557. The molecule has 11 heteroatoms. The summed E-state index contributed by atoms with van der Waals surface area (Å²) in [6.07, 6.45) is 0.600. The summed E-state index contributed by atoms with van der Waals surface area (Å²) in [5.74, 6) is 0.438. The molecular formula is C28H38N4O6S. The number of azide groups is 1. The third-order valence-corrected chi connectivity index (χ3v) is 6.13. The first-order chi connectivity index (χ1) is 18.4. The molecule has 10 nitrogen and oxygen atoms in total. The number of methoxy groups -OCH3 is 1. The number of esters is 1. The molecule has 1 atom stereocenters. The van der Waals surface area contributed by atoms with Crippen LogP contribution in [0.5, 0.6) is 11.5 Å². The number of carbonyl (C=O) groups excluding carboxylic acids is 2. The van der Waals surface area contributed by atoms with Crippen LogP contribution in [0.1, 0.15) is 43.0 Å². The van der Waals surface area contributed by atoms with Crippen LogP contribution in [0.25, 0.3) is 10.4 Å². The Bertz CT molecular complexity index is 1180. The number of amides is 1. The Balaban J connectivity index is 2.13. The van der Waals surface area contributed by atoms with Crippen LogP contribution in [0.15, 0.2) is 41.5 Å². The number of nitrogens with zero attached hydrogens (tertiary/aromatic N) is 4. The Morgan fingerprint density at radius 2 is 1.77 bits per heavy atom. The van der Waals surface area contributed by atoms with Gasteiger partial charge in [0.05, 0.1) is 45.4 Å². The van der Waals surface area contributed by atoms with Crippen LogP contribution in [0.4, 0.5) is 4.79 Å². The fraction of sp³-hybridized carbons (Fsp3) is 0.500. The number of ether oxygens (including phenoxy) is 3. The maximum atomic E-state index is 12.4. The van der Waals surface area contributed by atoms with E-state index in [4.69, 9.17) is 24.6 Å². The van der Waals surface area contributed by atoms with E-state index >= 15 is 0 Å². The first-order valence-electron chi connectivity index (χ1n) is 12.6. The molecule has 1 amide bonds. The third-order valence-electron chi connectivity index (χ3n) is 5.90. The maximum absolute atomic E-state index is 12.4. The summed E-state index contributed by atoms with van der Waals surface area (Å²) < 4.78 is 16.6. The highest BCUT2D eigenvalue weighted by Crippen LogP contribution is 2.29. The maximum Gasteiger partial charge on any atom is 0.311 e. The second-order valence-electron chi connectivity index (χ2n) is 10.2. The minimum absolute atomic E-state index is 0.107. The average molecular weight is 559 g/mol. The zero-order chi connectivity index (χ0) is 29.0. The Hall–Kier alpha value is -3.40. The molecule has 0 aliphatic rings. The van der Waals surface area contributed by atoms with E-state index in [0.29, 0.717) is 17.9 Å². The molecule has 0 saturated carbocycles. The van der Waals surface area contributed by atoms with Crippen molar-refractivity contribution in [3.63, 3.8) is 0 Å². The number of hydrogen-bond donors (Lipinski definition) is 1. The third kappa shape index (κ3) is 10.7. The van der Waals surface area contributed by atoms with Crippen molar-refractivity contribution >= 4 is 23.8 Å². The van der Waals surface area contributed by atoms with Crippen LogP contribution in [0.2, 0.25) is 0 Å². The molecule has 0 N–H and O–H groups in total. The van der Waals surface area contributed by atoms with Gasteiger partial charge in [-0.05, 0) is 81.0 Å². The highest BCUT2D eigenvalue weighted by atomic mass is 32.1. The van der Waals surface area contributed by atoms with Crippen LogP contribution in [-0.4, -0.2) is 49.7 Å². The van der Waals surface area contributed by atoms with Crippen molar-refractivity contribution in [3.8, 4) is 11.5 Å². The molecule has 0 saturated heterocycles. The summed E-state index contributed by atoms with van der Waals surface area (Å²) in [6, 6.07) is 11.4. The molecule has 0 aliphatic carbocycles. The van der Waals surface area contributed by atoms with Gasteiger partial charge in [0.2, 0.25) is 0 Å². The summed E-state index contributed by atoms with van der Waals surface area (Å²) >= 11 is 3.99. The number of hydrogen-bond acceptors (Lipinski definition) is 7. The normalized spacial score (nSPS) is 11.8. The van der Waals surface area contributed by atoms with Crippen LogP contribution < -0.4 is 9.47 Å². The summed E-state index contributed by atoms with van der Waals surface area (Å²) in [4.78, 5) is 33.3. The molecule has 212 valence electrons. The largest absolute Gasteiger partial charge is 0.493 e. The Labute approximate surface area is 235 Å². The first-order valence-corrected chi connectivity index (χ1v) is 13.1. The van der Waals surface area contributed by atoms with E-state index in [1.54, 1.807) is 39.0 Å². The molecule has 0 spiro atoms. The predicted octanol–water partition coefficient (Wildman–Crippen LogP) is 6.23. The fourth-order valence-corrected chi connectivity index (χ4v) is 3.67. The second-order valence-corrected chi connectivity index (χ2v) is 10.6. The van der Waals surface area contributed by atoms with Gasteiger partial charge in [0.1, 0.15) is 0 Å². The van der Waals surface area contributed by atoms with Gasteiger partial charge in [-0.3, -0.25) is 14.4 Å². The lowest BCUT2D eigenvalue weighted by atomic mass is 9.96. The van der Waals surface area contributed by atoms with Gasteiger partial charge < -0.3 is 14.2 Å². The summed E-state index contributed by atoms with van der Waals surface area (Å²) in [5.41, 5.74) is 11.9. The molecule has 0 aliphatic heterocycles. The molecule has 0 fully saturated rings. The minimum atomic E-state index is -0.628. The lowest BCUT2D eigenvalue weighted by molar-refractivity contribution is -0.160.